The molecule has 0 aliphatic heterocycles. The second-order valence-electron chi connectivity index (χ2n) is 7.90. The number of aromatic nitrogens is 2. The number of Topliss-reactive ketones (excluding diaryl/α,β-unsaturated/α-hetero) is 2. The molecule has 0 aliphatic carbocycles. The van der Waals surface area contributed by atoms with Crippen molar-refractivity contribution in [2.45, 2.75) is 13.1 Å². The fourth-order valence-electron chi connectivity index (χ4n) is 3.57. The molecule has 2 aromatic carbocycles. The van der Waals surface area contributed by atoms with Crippen LogP contribution in [0.4, 0.5) is 5.69 Å². The molecule has 0 saturated carbocycles. The molecule has 8 heteroatoms. The number of non-ortho nitro benzene ring substituents is 1. The number of ketones is 2. The van der Waals surface area contributed by atoms with Gasteiger partial charge in [-0.25, -0.2) is 0 Å². The summed E-state index contributed by atoms with van der Waals surface area (Å²) in [5.41, 5.74) is 2.94. The number of nitro benzene ring substituents is 1. The first kappa shape index (κ1) is 23.4. The van der Waals surface area contributed by atoms with E-state index < -0.39 is 4.92 Å². The van der Waals surface area contributed by atoms with Crippen LogP contribution in [-0.4, -0.2) is 23.6 Å². The largest absolute Gasteiger partial charge is 0.497 e. The first-order chi connectivity index (χ1) is 16.9. The minimum Gasteiger partial charge on any atom is -0.497 e. The molecule has 2 heterocycles. The average Bonchev–Trinajstić information content (AvgIpc) is 2.89. The van der Waals surface area contributed by atoms with Crippen molar-refractivity contribution in [2.24, 2.45) is 0 Å². The topological polar surface area (TPSA) is 94.3 Å². The van der Waals surface area contributed by atoms with Crippen LogP contribution in [0.5, 0.6) is 5.75 Å². The maximum absolute atomic E-state index is 12.5. The number of nitrogens with zero attached hydrogens (tertiary/aromatic N) is 3. The van der Waals surface area contributed by atoms with E-state index in [4.69, 9.17) is 4.74 Å². The molecule has 2 aromatic heterocycles. The molecule has 4 rings (SSSR count). The number of nitro groups is 1. The Bertz CT molecular complexity index is 1350. The summed E-state index contributed by atoms with van der Waals surface area (Å²) in [6.07, 6.45) is 7.34. The molecule has 0 radical (unpaired) electrons. The maximum Gasteiger partial charge on any atom is 0.269 e. The Hall–Kier alpha value is -4.72. The number of hydrogen-bond acceptors (Lipinski definition) is 5. The highest BCUT2D eigenvalue weighted by Crippen LogP contribution is 2.16. The Kier molecular flexibility index (Phi) is 7.02. The van der Waals surface area contributed by atoms with Gasteiger partial charge in [0, 0.05) is 47.5 Å². The van der Waals surface area contributed by atoms with E-state index >= 15 is 0 Å². The smallest absolute Gasteiger partial charge is 0.269 e. The Morgan fingerprint density at radius 3 is 1.49 bits per heavy atom. The average molecular weight is 469 g/mol. The van der Waals surface area contributed by atoms with Gasteiger partial charge in [0.1, 0.15) is 5.75 Å². The standard InChI is InChI=1S/C27H23N3O5/c1-35-25-8-4-23(5-9-25)27(32)19-29-16-12-21(13-17-29)20-10-14-28(15-11-20)18-26(31)22-2-6-24(7-3-22)30(33)34/h2-17H,18-19H2,1H3/q+2. The minimum absolute atomic E-state index is 0.00356. The highest BCUT2D eigenvalue weighted by molar-refractivity contribution is 5.95. The van der Waals surface area contributed by atoms with Gasteiger partial charge in [0.05, 0.1) is 12.0 Å². The van der Waals surface area contributed by atoms with Crippen LogP contribution in [0.3, 0.4) is 0 Å². The molecule has 4 aromatic rings. The first-order valence-corrected chi connectivity index (χ1v) is 10.9. The van der Waals surface area contributed by atoms with Crippen LogP contribution in [-0.2, 0) is 13.1 Å². The Balaban J connectivity index is 1.37. The van der Waals surface area contributed by atoms with Crippen molar-refractivity contribution in [3.8, 4) is 16.9 Å². The van der Waals surface area contributed by atoms with Crippen molar-refractivity contribution >= 4 is 17.3 Å². The van der Waals surface area contributed by atoms with Gasteiger partial charge in [-0.15, -0.1) is 0 Å². The maximum atomic E-state index is 12.5. The number of methoxy groups -OCH3 is 1. The number of carbonyl (C=O) groups is 2. The molecular formula is C27H23N3O5+2. The third-order valence-electron chi connectivity index (χ3n) is 5.58. The summed E-state index contributed by atoms with van der Waals surface area (Å²) >= 11 is 0. The Labute approximate surface area is 201 Å². The number of pyridine rings is 2. The van der Waals surface area contributed by atoms with Gasteiger partial charge in [0.15, 0.2) is 24.8 Å². The number of carbonyl (C=O) groups excluding carboxylic acids is 2. The predicted molar refractivity (Wildman–Crippen MR) is 127 cm³/mol. The quantitative estimate of drug-likeness (QED) is 0.162. The van der Waals surface area contributed by atoms with Crippen LogP contribution >= 0.6 is 0 Å². The molecule has 0 aliphatic rings. The highest BCUT2D eigenvalue weighted by Gasteiger charge is 2.15. The number of rotatable bonds is 9. The van der Waals surface area contributed by atoms with E-state index in [-0.39, 0.29) is 30.3 Å². The van der Waals surface area contributed by atoms with Gasteiger partial charge in [0.25, 0.3) is 5.69 Å². The van der Waals surface area contributed by atoms with Crippen LogP contribution in [0.1, 0.15) is 20.7 Å². The van der Waals surface area contributed by atoms with Crippen LogP contribution in [0.15, 0.2) is 97.6 Å². The van der Waals surface area contributed by atoms with E-state index in [9.17, 15) is 19.7 Å². The molecule has 35 heavy (non-hydrogen) atoms. The SMILES string of the molecule is COc1ccc(C(=O)C[n+]2ccc(-c3cc[n+](CC(=O)c4ccc([N+](=O)[O-])cc4)cc3)cc2)cc1. The number of benzene rings is 2. The molecule has 8 nitrogen and oxygen atoms in total. The molecule has 0 spiro atoms. The number of ether oxygens (including phenoxy) is 1. The van der Waals surface area contributed by atoms with Gasteiger partial charge < -0.3 is 4.74 Å². The fourth-order valence-corrected chi connectivity index (χ4v) is 3.57. The van der Waals surface area contributed by atoms with Crippen LogP contribution < -0.4 is 13.9 Å². The third-order valence-corrected chi connectivity index (χ3v) is 5.58. The van der Waals surface area contributed by atoms with Gasteiger partial charge in [-0.3, -0.25) is 19.7 Å². The Morgan fingerprint density at radius 2 is 1.11 bits per heavy atom. The van der Waals surface area contributed by atoms with Crippen molar-refractivity contribution in [3.63, 3.8) is 0 Å². The van der Waals surface area contributed by atoms with Crippen LogP contribution in [0.2, 0.25) is 0 Å². The predicted octanol–water partition coefficient (Wildman–Crippen LogP) is 3.61. The lowest BCUT2D eigenvalue weighted by Crippen LogP contribution is -2.37. The summed E-state index contributed by atoms with van der Waals surface area (Å²) < 4.78 is 8.70. The third kappa shape index (κ3) is 5.80. The first-order valence-electron chi connectivity index (χ1n) is 10.9. The molecule has 174 valence electrons. The van der Waals surface area contributed by atoms with Crippen LogP contribution in [0, 0.1) is 10.1 Å². The van der Waals surface area contributed by atoms with Gasteiger partial charge in [-0.2, -0.15) is 9.13 Å². The molecule has 0 atom stereocenters. The van der Waals surface area contributed by atoms with Gasteiger partial charge in [-0.1, -0.05) is 0 Å². The number of hydrogen-bond donors (Lipinski definition) is 0. The van der Waals surface area contributed by atoms with Gasteiger partial charge in [-0.05, 0) is 47.5 Å². The van der Waals surface area contributed by atoms with Crippen molar-refractivity contribution in [3.05, 3.63) is 119 Å². The molecular weight excluding hydrogens is 446 g/mol. The zero-order chi connectivity index (χ0) is 24.8. The van der Waals surface area contributed by atoms with E-state index in [1.807, 2.05) is 53.6 Å². The van der Waals surface area contributed by atoms with Gasteiger partial charge in [0.2, 0.25) is 24.7 Å². The zero-order valence-electron chi connectivity index (χ0n) is 19.0. The normalized spacial score (nSPS) is 10.5. The molecule has 0 bridgehead atoms. The lowest BCUT2D eigenvalue weighted by atomic mass is 10.1. The molecule has 0 N–H and O–H groups in total. The van der Waals surface area contributed by atoms with E-state index in [2.05, 4.69) is 0 Å². The second-order valence-corrected chi connectivity index (χ2v) is 7.90. The lowest BCUT2D eigenvalue weighted by molar-refractivity contribution is -0.683. The molecule has 0 amide bonds. The van der Waals surface area contributed by atoms with E-state index in [0.29, 0.717) is 16.9 Å². The van der Waals surface area contributed by atoms with Crippen molar-refractivity contribution < 1.29 is 28.4 Å². The van der Waals surface area contributed by atoms with E-state index in [1.165, 1.54) is 24.3 Å². The summed E-state index contributed by atoms with van der Waals surface area (Å²) in [4.78, 5) is 35.3. The van der Waals surface area contributed by atoms with Crippen molar-refractivity contribution in [1.29, 1.82) is 0 Å². The summed E-state index contributed by atoms with van der Waals surface area (Å²) in [5.74, 6) is 0.572. The molecule has 0 unspecified atom stereocenters. The minimum atomic E-state index is -0.494. The Morgan fingerprint density at radius 1 is 0.714 bits per heavy atom. The highest BCUT2D eigenvalue weighted by atomic mass is 16.6. The summed E-state index contributed by atoms with van der Waals surface area (Å²) in [6.45, 7) is 0.354. The second kappa shape index (κ2) is 10.5. The fraction of sp³-hybridized carbons (Fsp3) is 0.111. The molecule has 0 saturated heterocycles. The van der Waals surface area contributed by atoms with E-state index in [1.54, 1.807) is 35.9 Å². The van der Waals surface area contributed by atoms with E-state index in [0.717, 1.165) is 11.1 Å². The summed E-state index contributed by atoms with van der Waals surface area (Å²) in [7, 11) is 1.59. The monoisotopic (exact) mass is 469 g/mol. The van der Waals surface area contributed by atoms with Crippen molar-refractivity contribution in [1.82, 2.24) is 0 Å². The zero-order valence-corrected chi connectivity index (χ0v) is 19.0. The van der Waals surface area contributed by atoms with Gasteiger partial charge >= 0.3 is 0 Å². The lowest BCUT2D eigenvalue weighted by Gasteiger charge is -2.03. The summed E-state index contributed by atoms with van der Waals surface area (Å²) in [5, 5.41) is 10.8. The van der Waals surface area contributed by atoms with Crippen molar-refractivity contribution in [2.75, 3.05) is 7.11 Å². The summed E-state index contributed by atoms with van der Waals surface area (Å²) in [6, 6.07) is 20.3. The molecule has 0 fully saturated rings. The van der Waals surface area contributed by atoms with Crippen LogP contribution in [0.25, 0.3) is 11.1 Å².